The second-order valence-electron chi connectivity index (χ2n) is 4.57. The van der Waals surface area contributed by atoms with Crippen LogP contribution in [0.2, 0.25) is 0 Å². The lowest BCUT2D eigenvalue weighted by atomic mass is 10.1. The minimum absolute atomic E-state index is 0.313. The third-order valence-electron chi connectivity index (χ3n) is 3.04. The van der Waals surface area contributed by atoms with E-state index in [0.29, 0.717) is 17.9 Å². The molecule has 1 saturated heterocycles. The number of para-hydroxylation sites is 1. The maximum atomic E-state index is 10.7. The first kappa shape index (κ1) is 13.8. The summed E-state index contributed by atoms with van der Waals surface area (Å²) in [6, 6.07) is 6.92. The van der Waals surface area contributed by atoms with E-state index >= 15 is 0 Å². The molecule has 1 aromatic carbocycles. The Kier molecular flexibility index (Phi) is 4.76. The molecule has 0 aliphatic carbocycles. The van der Waals surface area contributed by atoms with Gasteiger partial charge in [-0.15, -0.1) is 0 Å². The van der Waals surface area contributed by atoms with E-state index in [1.165, 1.54) is 0 Å². The highest BCUT2D eigenvalue weighted by atomic mass is 16.7. The quantitative estimate of drug-likeness (QED) is 0.853. The maximum absolute atomic E-state index is 10.7. The smallest absolute Gasteiger partial charge is 0.306 e. The van der Waals surface area contributed by atoms with E-state index in [1.807, 2.05) is 0 Å². The molecule has 0 aromatic heterocycles. The average molecular weight is 266 g/mol. The number of benzene rings is 1. The van der Waals surface area contributed by atoms with Crippen molar-refractivity contribution in [1.29, 1.82) is 0 Å². The summed E-state index contributed by atoms with van der Waals surface area (Å²) in [7, 11) is 0. The topological polar surface area (TPSA) is 76.0 Å². The van der Waals surface area contributed by atoms with Crippen LogP contribution in [0.5, 0.6) is 5.75 Å². The molecule has 1 aliphatic heterocycles. The first-order chi connectivity index (χ1) is 9.16. The van der Waals surface area contributed by atoms with Crippen LogP contribution in [-0.4, -0.2) is 29.1 Å². The molecule has 1 aromatic rings. The molecule has 0 bridgehead atoms. The van der Waals surface area contributed by atoms with E-state index in [9.17, 15) is 9.90 Å². The van der Waals surface area contributed by atoms with Crippen LogP contribution < -0.4 is 4.74 Å². The summed E-state index contributed by atoms with van der Waals surface area (Å²) in [5, 5.41) is 18.6. The standard InChI is InChI=1S/C14H18O5/c15-11(9-13(16)17)10-5-1-2-6-12(10)19-14-7-3-4-8-18-14/h1-2,5-6,11,14-15H,3-4,7-9H2,(H,16,17). The van der Waals surface area contributed by atoms with Crippen LogP contribution in [0, 0.1) is 0 Å². The molecule has 1 aliphatic rings. The van der Waals surface area contributed by atoms with Crippen molar-refractivity contribution in [1.82, 2.24) is 0 Å². The Morgan fingerprint density at radius 3 is 2.89 bits per heavy atom. The third kappa shape index (κ3) is 3.94. The van der Waals surface area contributed by atoms with Gasteiger partial charge in [0.15, 0.2) is 6.29 Å². The summed E-state index contributed by atoms with van der Waals surface area (Å²) < 4.78 is 11.2. The Balaban J connectivity index is 2.08. The molecule has 19 heavy (non-hydrogen) atoms. The van der Waals surface area contributed by atoms with E-state index < -0.39 is 12.1 Å². The zero-order valence-corrected chi connectivity index (χ0v) is 10.6. The maximum Gasteiger partial charge on any atom is 0.306 e. The van der Waals surface area contributed by atoms with Crippen molar-refractivity contribution >= 4 is 5.97 Å². The highest BCUT2D eigenvalue weighted by molar-refractivity contribution is 5.67. The molecular weight excluding hydrogens is 248 g/mol. The monoisotopic (exact) mass is 266 g/mol. The molecule has 0 amide bonds. The fraction of sp³-hybridized carbons (Fsp3) is 0.500. The van der Waals surface area contributed by atoms with Gasteiger partial charge in [0.25, 0.3) is 0 Å². The fourth-order valence-electron chi connectivity index (χ4n) is 2.08. The third-order valence-corrected chi connectivity index (χ3v) is 3.04. The lowest BCUT2D eigenvalue weighted by molar-refractivity contribution is -0.139. The predicted molar refractivity (Wildman–Crippen MR) is 67.9 cm³/mol. The van der Waals surface area contributed by atoms with E-state index in [-0.39, 0.29) is 12.7 Å². The Bertz CT molecular complexity index is 426. The Morgan fingerprint density at radius 1 is 1.42 bits per heavy atom. The fourth-order valence-corrected chi connectivity index (χ4v) is 2.08. The number of carboxylic acids is 1. The molecule has 1 heterocycles. The summed E-state index contributed by atoms with van der Waals surface area (Å²) in [6.07, 6.45) is 1.16. The Labute approximate surface area is 111 Å². The van der Waals surface area contributed by atoms with Crippen LogP contribution in [0.15, 0.2) is 24.3 Å². The number of aliphatic hydroxyl groups excluding tert-OH is 1. The number of hydrogen-bond acceptors (Lipinski definition) is 4. The van der Waals surface area contributed by atoms with Gasteiger partial charge in [-0.05, 0) is 18.9 Å². The molecule has 0 spiro atoms. The van der Waals surface area contributed by atoms with E-state index in [2.05, 4.69) is 0 Å². The number of carboxylic acid groups (broad SMARTS) is 1. The van der Waals surface area contributed by atoms with Crippen molar-refractivity contribution < 1.29 is 24.5 Å². The van der Waals surface area contributed by atoms with Crippen LogP contribution in [-0.2, 0) is 9.53 Å². The number of aliphatic carboxylic acids is 1. The molecule has 104 valence electrons. The zero-order valence-electron chi connectivity index (χ0n) is 10.6. The highest BCUT2D eigenvalue weighted by Crippen LogP contribution is 2.29. The summed E-state index contributed by atoms with van der Waals surface area (Å²) in [5.41, 5.74) is 0.485. The van der Waals surface area contributed by atoms with E-state index in [1.54, 1.807) is 24.3 Å². The minimum Gasteiger partial charge on any atom is -0.481 e. The van der Waals surface area contributed by atoms with Crippen molar-refractivity contribution in [2.45, 2.75) is 38.1 Å². The number of hydrogen-bond donors (Lipinski definition) is 2. The number of aliphatic hydroxyl groups is 1. The second-order valence-corrected chi connectivity index (χ2v) is 4.57. The van der Waals surface area contributed by atoms with Gasteiger partial charge >= 0.3 is 5.97 Å². The van der Waals surface area contributed by atoms with E-state index in [4.69, 9.17) is 14.6 Å². The van der Waals surface area contributed by atoms with Crippen LogP contribution in [0.1, 0.15) is 37.4 Å². The van der Waals surface area contributed by atoms with Crippen molar-refractivity contribution in [3.8, 4) is 5.75 Å². The van der Waals surface area contributed by atoms with Gasteiger partial charge in [0.2, 0.25) is 0 Å². The molecule has 0 radical (unpaired) electrons. The predicted octanol–water partition coefficient (Wildman–Crippen LogP) is 2.10. The van der Waals surface area contributed by atoms with Gasteiger partial charge in [0.1, 0.15) is 5.75 Å². The Morgan fingerprint density at radius 2 is 2.21 bits per heavy atom. The lowest BCUT2D eigenvalue weighted by Gasteiger charge is -2.25. The van der Waals surface area contributed by atoms with Crippen LogP contribution in [0.25, 0.3) is 0 Å². The molecule has 2 atom stereocenters. The van der Waals surface area contributed by atoms with Crippen molar-refractivity contribution in [3.05, 3.63) is 29.8 Å². The number of ether oxygens (including phenoxy) is 2. The zero-order chi connectivity index (χ0) is 13.7. The van der Waals surface area contributed by atoms with Gasteiger partial charge in [-0.3, -0.25) is 4.79 Å². The van der Waals surface area contributed by atoms with Gasteiger partial charge in [-0.1, -0.05) is 18.2 Å². The molecule has 2 N–H and O–H groups in total. The largest absolute Gasteiger partial charge is 0.481 e. The van der Waals surface area contributed by atoms with Gasteiger partial charge in [-0.2, -0.15) is 0 Å². The van der Waals surface area contributed by atoms with Crippen molar-refractivity contribution in [2.75, 3.05) is 6.61 Å². The SMILES string of the molecule is O=C(O)CC(O)c1ccccc1OC1CCCCO1. The van der Waals surface area contributed by atoms with Gasteiger partial charge < -0.3 is 19.7 Å². The van der Waals surface area contributed by atoms with Crippen LogP contribution in [0.4, 0.5) is 0 Å². The first-order valence-corrected chi connectivity index (χ1v) is 6.44. The normalized spacial score (nSPS) is 20.8. The molecule has 2 unspecified atom stereocenters. The average Bonchev–Trinajstić information content (AvgIpc) is 2.39. The molecule has 0 saturated carbocycles. The Hall–Kier alpha value is -1.59. The molecule has 5 nitrogen and oxygen atoms in total. The highest BCUT2D eigenvalue weighted by Gasteiger charge is 2.20. The van der Waals surface area contributed by atoms with Gasteiger partial charge in [-0.25, -0.2) is 0 Å². The summed E-state index contributed by atoms with van der Waals surface area (Å²) in [6.45, 7) is 0.671. The second kappa shape index (κ2) is 6.54. The summed E-state index contributed by atoms with van der Waals surface area (Å²) in [4.78, 5) is 10.7. The molecule has 5 heteroatoms. The number of carbonyl (C=O) groups is 1. The molecule has 1 fully saturated rings. The van der Waals surface area contributed by atoms with Crippen molar-refractivity contribution in [3.63, 3.8) is 0 Å². The molecule has 2 rings (SSSR count). The number of rotatable bonds is 5. The summed E-state index contributed by atoms with van der Waals surface area (Å²) >= 11 is 0. The minimum atomic E-state index is -1.07. The van der Waals surface area contributed by atoms with Crippen LogP contribution >= 0.6 is 0 Å². The van der Waals surface area contributed by atoms with E-state index in [0.717, 1.165) is 19.3 Å². The van der Waals surface area contributed by atoms with Gasteiger partial charge in [0.05, 0.1) is 19.1 Å². The van der Waals surface area contributed by atoms with Gasteiger partial charge in [0, 0.05) is 12.0 Å². The van der Waals surface area contributed by atoms with Crippen LogP contribution in [0.3, 0.4) is 0 Å². The first-order valence-electron chi connectivity index (χ1n) is 6.44. The molecular formula is C14H18O5. The summed E-state index contributed by atoms with van der Waals surface area (Å²) in [5.74, 6) is -0.556. The van der Waals surface area contributed by atoms with Crippen molar-refractivity contribution in [2.24, 2.45) is 0 Å². The lowest BCUT2D eigenvalue weighted by Crippen LogP contribution is -2.25.